The molecule has 0 unspecified atom stereocenters. The summed E-state index contributed by atoms with van der Waals surface area (Å²) in [6, 6.07) is 0.430. The van der Waals surface area contributed by atoms with E-state index < -0.39 is 0 Å². The highest BCUT2D eigenvalue weighted by Gasteiger charge is 2.07. The number of ether oxygens (including phenoxy) is 4. The maximum atomic E-state index is 5.40. The molecule has 1 aromatic heterocycles. The summed E-state index contributed by atoms with van der Waals surface area (Å²) in [6.45, 7) is 4.71. The molecular weight excluding hydrogens is 264 g/mol. The SMILES string of the molecule is CCCNc1nc(OC)nc(OCCOCCOC)n1. The highest BCUT2D eigenvalue weighted by atomic mass is 16.5. The van der Waals surface area contributed by atoms with Crippen LogP contribution in [0.3, 0.4) is 0 Å². The van der Waals surface area contributed by atoms with Crippen molar-refractivity contribution in [2.75, 3.05) is 52.5 Å². The molecule has 0 bridgehead atoms. The second kappa shape index (κ2) is 10.2. The van der Waals surface area contributed by atoms with Gasteiger partial charge in [-0.2, -0.15) is 9.97 Å². The Morgan fingerprint density at radius 3 is 2.40 bits per heavy atom. The number of aromatic nitrogens is 3. The lowest BCUT2D eigenvalue weighted by Crippen LogP contribution is -2.13. The maximum Gasteiger partial charge on any atom is 0.324 e. The van der Waals surface area contributed by atoms with Gasteiger partial charge in [-0.25, -0.2) is 0 Å². The zero-order valence-corrected chi connectivity index (χ0v) is 12.2. The van der Waals surface area contributed by atoms with Gasteiger partial charge in [0.2, 0.25) is 5.95 Å². The smallest absolute Gasteiger partial charge is 0.324 e. The Labute approximate surface area is 118 Å². The highest BCUT2D eigenvalue weighted by Crippen LogP contribution is 2.12. The molecule has 0 aromatic carbocycles. The molecule has 20 heavy (non-hydrogen) atoms. The van der Waals surface area contributed by atoms with E-state index in [0.29, 0.717) is 32.4 Å². The monoisotopic (exact) mass is 286 g/mol. The number of hydrogen-bond donors (Lipinski definition) is 1. The minimum Gasteiger partial charge on any atom is -0.467 e. The molecule has 0 saturated carbocycles. The van der Waals surface area contributed by atoms with E-state index in [9.17, 15) is 0 Å². The summed E-state index contributed by atoms with van der Waals surface area (Å²) in [7, 11) is 3.12. The van der Waals surface area contributed by atoms with Crippen LogP contribution in [0, 0.1) is 0 Å². The molecule has 1 rings (SSSR count). The first-order valence-electron chi connectivity index (χ1n) is 6.53. The van der Waals surface area contributed by atoms with Crippen LogP contribution in [0.1, 0.15) is 13.3 Å². The third-order valence-electron chi connectivity index (χ3n) is 2.20. The number of rotatable bonds is 11. The molecular formula is C12H22N4O4. The Kier molecular flexibility index (Phi) is 8.32. The van der Waals surface area contributed by atoms with Gasteiger partial charge in [-0.05, 0) is 6.42 Å². The molecule has 0 saturated heterocycles. The average molecular weight is 286 g/mol. The van der Waals surface area contributed by atoms with E-state index in [1.807, 2.05) is 0 Å². The van der Waals surface area contributed by atoms with Crippen molar-refractivity contribution in [3.8, 4) is 12.0 Å². The minimum absolute atomic E-state index is 0.214. The van der Waals surface area contributed by atoms with Crippen LogP contribution >= 0.6 is 0 Å². The molecule has 0 aliphatic carbocycles. The first kappa shape index (κ1) is 16.4. The quantitative estimate of drug-likeness (QED) is 0.596. The lowest BCUT2D eigenvalue weighted by atomic mass is 10.5. The van der Waals surface area contributed by atoms with Crippen molar-refractivity contribution in [3.05, 3.63) is 0 Å². The third-order valence-corrected chi connectivity index (χ3v) is 2.20. The second-order valence-corrected chi connectivity index (χ2v) is 3.81. The maximum absolute atomic E-state index is 5.40. The Morgan fingerprint density at radius 1 is 0.950 bits per heavy atom. The molecule has 0 amide bonds. The summed E-state index contributed by atoms with van der Waals surface area (Å²) in [4.78, 5) is 12.2. The Balaban J connectivity index is 2.42. The van der Waals surface area contributed by atoms with Crippen molar-refractivity contribution in [1.29, 1.82) is 0 Å². The molecule has 0 aliphatic heterocycles. The van der Waals surface area contributed by atoms with Gasteiger partial charge in [0.05, 0.1) is 26.9 Å². The van der Waals surface area contributed by atoms with Gasteiger partial charge in [0.25, 0.3) is 0 Å². The number of nitrogens with one attached hydrogen (secondary N) is 1. The average Bonchev–Trinajstić information content (AvgIpc) is 2.48. The lowest BCUT2D eigenvalue weighted by molar-refractivity contribution is 0.0527. The van der Waals surface area contributed by atoms with E-state index in [4.69, 9.17) is 18.9 Å². The number of methoxy groups -OCH3 is 2. The molecule has 1 aromatic rings. The fourth-order valence-electron chi connectivity index (χ4n) is 1.25. The van der Waals surface area contributed by atoms with Crippen LogP contribution in [0.4, 0.5) is 5.95 Å². The van der Waals surface area contributed by atoms with Gasteiger partial charge >= 0.3 is 12.0 Å². The summed E-state index contributed by atoms with van der Waals surface area (Å²) < 4.78 is 20.6. The Bertz CT molecular complexity index is 378. The first-order valence-corrected chi connectivity index (χ1v) is 6.53. The van der Waals surface area contributed by atoms with E-state index in [-0.39, 0.29) is 12.0 Å². The Morgan fingerprint density at radius 2 is 1.70 bits per heavy atom. The van der Waals surface area contributed by atoms with E-state index in [2.05, 4.69) is 27.2 Å². The van der Waals surface area contributed by atoms with E-state index in [1.165, 1.54) is 7.11 Å². The van der Waals surface area contributed by atoms with Crippen molar-refractivity contribution < 1.29 is 18.9 Å². The standard InChI is InChI=1S/C12H22N4O4/c1-4-5-13-10-14-11(18-3)16-12(15-10)20-9-8-19-7-6-17-2/h4-9H2,1-3H3,(H,13,14,15,16). The van der Waals surface area contributed by atoms with E-state index in [1.54, 1.807) is 7.11 Å². The molecule has 0 atom stereocenters. The summed E-state index contributed by atoms with van der Waals surface area (Å²) in [5.41, 5.74) is 0. The van der Waals surface area contributed by atoms with Crippen LogP contribution < -0.4 is 14.8 Å². The predicted molar refractivity (Wildman–Crippen MR) is 73.3 cm³/mol. The van der Waals surface area contributed by atoms with Crippen LogP contribution in [0.15, 0.2) is 0 Å². The van der Waals surface area contributed by atoms with Crippen molar-refractivity contribution in [2.24, 2.45) is 0 Å². The van der Waals surface area contributed by atoms with E-state index >= 15 is 0 Å². The van der Waals surface area contributed by atoms with Crippen molar-refractivity contribution in [2.45, 2.75) is 13.3 Å². The molecule has 1 heterocycles. The minimum atomic E-state index is 0.214. The molecule has 8 nitrogen and oxygen atoms in total. The largest absolute Gasteiger partial charge is 0.467 e. The Hall–Kier alpha value is -1.67. The fourth-order valence-corrected chi connectivity index (χ4v) is 1.25. The van der Waals surface area contributed by atoms with Crippen LogP contribution in [-0.2, 0) is 9.47 Å². The van der Waals surface area contributed by atoms with E-state index in [0.717, 1.165) is 13.0 Å². The topological polar surface area (TPSA) is 87.6 Å². The fraction of sp³-hybridized carbons (Fsp3) is 0.750. The molecule has 114 valence electrons. The molecule has 0 spiro atoms. The molecule has 0 radical (unpaired) electrons. The second-order valence-electron chi connectivity index (χ2n) is 3.81. The van der Waals surface area contributed by atoms with Gasteiger partial charge < -0.3 is 24.3 Å². The first-order chi connectivity index (χ1) is 9.80. The predicted octanol–water partition coefficient (Wildman–Crippen LogP) is 0.744. The van der Waals surface area contributed by atoms with Gasteiger partial charge in [0.15, 0.2) is 0 Å². The summed E-state index contributed by atoms with van der Waals surface area (Å²) >= 11 is 0. The summed E-state index contributed by atoms with van der Waals surface area (Å²) in [6.07, 6.45) is 0.970. The number of hydrogen-bond acceptors (Lipinski definition) is 8. The summed E-state index contributed by atoms with van der Waals surface area (Å²) in [5, 5.41) is 3.06. The third kappa shape index (κ3) is 6.48. The lowest BCUT2D eigenvalue weighted by Gasteiger charge is -2.08. The number of nitrogens with zero attached hydrogens (tertiary/aromatic N) is 3. The van der Waals surface area contributed by atoms with Gasteiger partial charge in [-0.1, -0.05) is 6.92 Å². The van der Waals surface area contributed by atoms with Crippen molar-refractivity contribution in [1.82, 2.24) is 15.0 Å². The normalized spacial score (nSPS) is 10.3. The van der Waals surface area contributed by atoms with Gasteiger partial charge in [0, 0.05) is 13.7 Å². The van der Waals surface area contributed by atoms with Crippen LogP contribution in [0.2, 0.25) is 0 Å². The molecule has 8 heteroatoms. The van der Waals surface area contributed by atoms with Gasteiger partial charge in [0.1, 0.15) is 6.61 Å². The highest BCUT2D eigenvalue weighted by molar-refractivity contribution is 5.27. The van der Waals surface area contributed by atoms with Crippen molar-refractivity contribution >= 4 is 5.95 Å². The van der Waals surface area contributed by atoms with Crippen LogP contribution in [-0.4, -0.2) is 62.1 Å². The van der Waals surface area contributed by atoms with Crippen LogP contribution in [0.25, 0.3) is 0 Å². The van der Waals surface area contributed by atoms with Crippen LogP contribution in [0.5, 0.6) is 12.0 Å². The van der Waals surface area contributed by atoms with Crippen molar-refractivity contribution in [3.63, 3.8) is 0 Å². The zero-order chi connectivity index (χ0) is 14.6. The summed E-state index contributed by atoms with van der Waals surface area (Å²) in [5.74, 6) is 0.439. The van der Waals surface area contributed by atoms with Gasteiger partial charge in [-0.15, -0.1) is 4.98 Å². The molecule has 0 fully saturated rings. The molecule has 0 aliphatic rings. The van der Waals surface area contributed by atoms with Gasteiger partial charge in [-0.3, -0.25) is 0 Å². The zero-order valence-electron chi connectivity index (χ0n) is 12.2. The number of anilines is 1. The molecule has 1 N–H and O–H groups in total.